The second kappa shape index (κ2) is 6.10. The van der Waals surface area contributed by atoms with Crippen LogP contribution in [0.5, 0.6) is 0 Å². The number of aromatic nitrogens is 3. The average molecular weight is 298 g/mol. The molecule has 1 aromatic heterocycles. The van der Waals surface area contributed by atoms with Crippen LogP contribution in [0.1, 0.15) is 26.2 Å². The van der Waals surface area contributed by atoms with Crippen LogP contribution in [0.3, 0.4) is 0 Å². The zero-order valence-corrected chi connectivity index (χ0v) is 12.5. The molecule has 1 atom stereocenters. The van der Waals surface area contributed by atoms with E-state index in [0.717, 1.165) is 26.2 Å². The van der Waals surface area contributed by atoms with Gasteiger partial charge in [-0.2, -0.15) is 15.0 Å². The van der Waals surface area contributed by atoms with Gasteiger partial charge in [-0.15, -0.1) is 0 Å². The van der Waals surface area contributed by atoms with Crippen molar-refractivity contribution in [1.29, 1.82) is 0 Å². The molecule has 0 saturated carbocycles. The molecular formula is C13H20ClN5O. The summed E-state index contributed by atoms with van der Waals surface area (Å²) >= 11 is 6.08. The molecule has 2 fully saturated rings. The zero-order valence-electron chi connectivity index (χ0n) is 11.8. The summed E-state index contributed by atoms with van der Waals surface area (Å²) in [7, 11) is 0. The molecule has 0 aromatic carbocycles. The van der Waals surface area contributed by atoms with E-state index in [9.17, 15) is 0 Å². The molecule has 2 saturated heterocycles. The first-order valence-electron chi connectivity index (χ1n) is 7.25. The van der Waals surface area contributed by atoms with E-state index in [1.807, 2.05) is 0 Å². The number of halogens is 1. The van der Waals surface area contributed by atoms with Gasteiger partial charge in [0.2, 0.25) is 17.2 Å². The Kier molecular flexibility index (Phi) is 4.21. The molecule has 1 unspecified atom stereocenters. The van der Waals surface area contributed by atoms with Gasteiger partial charge in [-0.1, -0.05) is 0 Å². The Balaban J connectivity index is 1.82. The zero-order chi connectivity index (χ0) is 13.9. The fourth-order valence-corrected chi connectivity index (χ4v) is 2.86. The predicted molar refractivity (Wildman–Crippen MR) is 78.5 cm³/mol. The minimum atomic E-state index is 0.192. The van der Waals surface area contributed by atoms with Crippen LogP contribution in [0.4, 0.5) is 11.9 Å². The number of anilines is 2. The molecule has 0 aliphatic carbocycles. The van der Waals surface area contributed by atoms with Crippen molar-refractivity contribution in [2.75, 3.05) is 42.6 Å². The smallest absolute Gasteiger partial charge is 0.231 e. The Labute approximate surface area is 124 Å². The third kappa shape index (κ3) is 3.12. The van der Waals surface area contributed by atoms with E-state index in [4.69, 9.17) is 16.3 Å². The molecule has 3 rings (SSSR count). The van der Waals surface area contributed by atoms with Crippen molar-refractivity contribution in [3.63, 3.8) is 0 Å². The van der Waals surface area contributed by atoms with Crippen molar-refractivity contribution < 1.29 is 4.74 Å². The lowest BCUT2D eigenvalue weighted by molar-refractivity contribution is 0.0526. The summed E-state index contributed by atoms with van der Waals surface area (Å²) < 4.78 is 5.55. The van der Waals surface area contributed by atoms with Gasteiger partial charge in [-0.05, 0) is 37.8 Å². The van der Waals surface area contributed by atoms with Crippen LogP contribution >= 0.6 is 11.6 Å². The van der Waals surface area contributed by atoms with Crippen molar-refractivity contribution in [3.05, 3.63) is 5.28 Å². The van der Waals surface area contributed by atoms with Crippen LogP contribution in [-0.4, -0.2) is 53.8 Å². The summed E-state index contributed by atoms with van der Waals surface area (Å²) in [5.41, 5.74) is 0. The minimum Gasteiger partial charge on any atom is -0.375 e. The highest BCUT2D eigenvalue weighted by Gasteiger charge is 2.22. The van der Waals surface area contributed by atoms with Crippen molar-refractivity contribution in [2.24, 2.45) is 0 Å². The van der Waals surface area contributed by atoms with Crippen LogP contribution in [-0.2, 0) is 4.74 Å². The monoisotopic (exact) mass is 297 g/mol. The van der Waals surface area contributed by atoms with Gasteiger partial charge in [0.25, 0.3) is 0 Å². The van der Waals surface area contributed by atoms with Gasteiger partial charge in [0.05, 0.1) is 12.7 Å². The maximum atomic E-state index is 6.08. The summed E-state index contributed by atoms with van der Waals surface area (Å²) in [6.45, 7) is 6.34. The van der Waals surface area contributed by atoms with Gasteiger partial charge >= 0.3 is 0 Å². The van der Waals surface area contributed by atoms with E-state index >= 15 is 0 Å². The molecule has 1 aromatic rings. The topological polar surface area (TPSA) is 54.4 Å². The molecule has 0 radical (unpaired) electrons. The van der Waals surface area contributed by atoms with Crippen molar-refractivity contribution in [3.8, 4) is 0 Å². The number of rotatable bonds is 2. The molecule has 2 aliphatic rings. The largest absolute Gasteiger partial charge is 0.375 e. The standard InChI is InChI=1S/C13H20ClN5O/c1-10-9-19(7-8-20-10)13-16-11(14)15-12(17-13)18-5-3-2-4-6-18/h10H,2-9H2,1H3. The molecule has 110 valence electrons. The number of nitrogens with zero attached hydrogens (tertiary/aromatic N) is 5. The number of hydrogen-bond donors (Lipinski definition) is 0. The Morgan fingerprint density at radius 3 is 2.40 bits per heavy atom. The average Bonchev–Trinajstić information content (AvgIpc) is 2.47. The Hall–Kier alpha value is -1.14. The normalized spacial score (nSPS) is 24.0. The number of morpholine rings is 1. The number of piperidine rings is 1. The molecule has 0 spiro atoms. The van der Waals surface area contributed by atoms with Crippen molar-refractivity contribution in [1.82, 2.24) is 15.0 Å². The second-order valence-corrected chi connectivity index (χ2v) is 5.72. The molecule has 7 heteroatoms. The van der Waals surface area contributed by atoms with Gasteiger partial charge in [0.15, 0.2) is 0 Å². The molecule has 2 aliphatic heterocycles. The summed E-state index contributed by atoms with van der Waals surface area (Å²) in [6, 6.07) is 0. The van der Waals surface area contributed by atoms with Crippen LogP contribution in [0, 0.1) is 0 Å². The molecule has 3 heterocycles. The fraction of sp³-hybridized carbons (Fsp3) is 0.769. The Bertz CT molecular complexity index is 466. The van der Waals surface area contributed by atoms with Gasteiger partial charge < -0.3 is 14.5 Å². The van der Waals surface area contributed by atoms with Gasteiger partial charge in [-0.25, -0.2) is 0 Å². The third-order valence-electron chi connectivity index (χ3n) is 3.75. The highest BCUT2D eigenvalue weighted by Crippen LogP contribution is 2.21. The minimum absolute atomic E-state index is 0.192. The van der Waals surface area contributed by atoms with E-state index < -0.39 is 0 Å². The van der Waals surface area contributed by atoms with Gasteiger partial charge in [0, 0.05) is 26.2 Å². The number of ether oxygens (including phenoxy) is 1. The van der Waals surface area contributed by atoms with Crippen LogP contribution in [0.2, 0.25) is 5.28 Å². The maximum Gasteiger partial charge on any atom is 0.231 e. The van der Waals surface area contributed by atoms with Crippen LogP contribution < -0.4 is 9.80 Å². The number of hydrogen-bond acceptors (Lipinski definition) is 6. The quantitative estimate of drug-likeness (QED) is 0.829. The Morgan fingerprint density at radius 1 is 1.00 bits per heavy atom. The molecule has 6 nitrogen and oxygen atoms in total. The van der Waals surface area contributed by atoms with E-state index in [1.54, 1.807) is 0 Å². The molecule has 0 bridgehead atoms. The third-order valence-corrected chi connectivity index (χ3v) is 3.92. The summed E-state index contributed by atoms with van der Waals surface area (Å²) in [4.78, 5) is 17.5. The van der Waals surface area contributed by atoms with Gasteiger partial charge in [-0.3, -0.25) is 0 Å². The first-order chi connectivity index (χ1) is 9.72. The second-order valence-electron chi connectivity index (χ2n) is 5.38. The molecule has 20 heavy (non-hydrogen) atoms. The lowest BCUT2D eigenvalue weighted by Gasteiger charge is -2.32. The van der Waals surface area contributed by atoms with Crippen LogP contribution in [0.25, 0.3) is 0 Å². The summed E-state index contributed by atoms with van der Waals surface area (Å²) in [5.74, 6) is 1.37. The lowest BCUT2D eigenvalue weighted by Crippen LogP contribution is -2.42. The predicted octanol–water partition coefficient (Wildman–Crippen LogP) is 1.74. The molecule has 0 amide bonds. The Morgan fingerprint density at radius 2 is 1.70 bits per heavy atom. The van der Waals surface area contributed by atoms with E-state index in [1.165, 1.54) is 19.3 Å². The van der Waals surface area contributed by atoms with E-state index in [-0.39, 0.29) is 11.4 Å². The fourth-order valence-electron chi connectivity index (χ4n) is 2.71. The van der Waals surface area contributed by atoms with Crippen LogP contribution in [0.15, 0.2) is 0 Å². The molecular weight excluding hydrogens is 278 g/mol. The van der Waals surface area contributed by atoms with Crippen molar-refractivity contribution >= 4 is 23.5 Å². The summed E-state index contributed by atoms with van der Waals surface area (Å²) in [5, 5.41) is 0.273. The van der Waals surface area contributed by atoms with E-state index in [0.29, 0.717) is 18.5 Å². The molecule has 0 N–H and O–H groups in total. The van der Waals surface area contributed by atoms with Crippen molar-refractivity contribution in [2.45, 2.75) is 32.3 Å². The maximum absolute atomic E-state index is 6.08. The summed E-state index contributed by atoms with van der Waals surface area (Å²) in [6.07, 6.45) is 3.85. The first kappa shape index (κ1) is 13.8. The highest BCUT2D eigenvalue weighted by molar-refractivity contribution is 6.28. The van der Waals surface area contributed by atoms with E-state index in [2.05, 4.69) is 31.7 Å². The lowest BCUT2D eigenvalue weighted by atomic mass is 10.1. The SMILES string of the molecule is CC1CN(c2nc(Cl)nc(N3CCCCC3)n2)CCO1. The van der Waals surface area contributed by atoms with Gasteiger partial charge in [0.1, 0.15) is 0 Å². The highest BCUT2D eigenvalue weighted by atomic mass is 35.5. The first-order valence-corrected chi connectivity index (χ1v) is 7.63.